The van der Waals surface area contributed by atoms with E-state index in [4.69, 9.17) is 12.2 Å². The summed E-state index contributed by atoms with van der Waals surface area (Å²) in [5.74, 6) is -0.244. The van der Waals surface area contributed by atoms with Crippen LogP contribution in [0.5, 0.6) is 5.75 Å². The molecule has 0 radical (unpaired) electrons. The lowest BCUT2D eigenvalue weighted by atomic mass is 10.2. The van der Waals surface area contributed by atoms with Crippen molar-refractivity contribution in [3.63, 3.8) is 0 Å². The van der Waals surface area contributed by atoms with Gasteiger partial charge in [-0.05, 0) is 59.7 Å². The summed E-state index contributed by atoms with van der Waals surface area (Å²) in [4.78, 5) is 0. The smallest absolute Gasteiger partial charge is 0.406 e. The second-order valence-corrected chi connectivity index (χ2v) is 8.12. The number of para-hydroxylation sites is 2. The van der Waals surface area contributed by atoms with E-state index in [1.165, 1.54) is 24.1 Å². The number of halogens is 3. The van der Waals surface area contributed by atoms with Crippen LogP contribution in [0.1, 0.15) is 11.1 Å². The lowest BCUT2D eigenvalue weighted by Gasteiger charge is -2.10. The van der Waals surface area contributed by atoms with Gasteiger partial charge in [-0.25, -0.2) is 0 Å². The predicted molar refractivity (Wildman–Crippen MR) is 126 cm³/mol. The second kappa shape index (κ2) is 9.30. The van der Waals surface area contributed by atoms with Crippen LogP contribution in [0.4, 0.5) is 18.9 Å². The number of benzene rings is 3. The van der Waals surface area contributed by atoms with Crippen molar-refractivity contribution in [2.75, 3.05) is 11.0 Å². The van der Waals surface area contributed by atoms with E-state index < -0.39 is 6.36 Å². The number of ether oxygens (including phenoxy) is 1. The molecular formula is C23H20F3N3OS2. The highest BCUT2D eigenvalue weighted by Gasteiger charge is 2.30. The largest absolute Gasteiger partial charge is 0.573 e. The van der Waals surface area contributed by atoms with Crippen molar-refractivity contribution in [3.8, 4) is 5.75 Å². The number of aromatic nitrogens is 2. The molecule has 4 nitrogen and oxygen atoms in total. The molecule has 0 fully saturated rings. The SMILES string of the molecule is CSNc1ccc(Cn2c(=S)n(Cc3ccc(OC(F)(F)F)cc3)c3ccccc32)cc1. The number of nitrogens with one attached hydrogen (secondary N) is 1. The van der Waals surface area contributed by atoms with E-state index in [1.54, 1.807) is 12.1 Å². The Hall–Kier alpha value is -2.91. The van der Waals surface area contributed by atoms with Crippen LogP contribution in [0, 0.1) is 4.77 Å². The van der Waals surface area contributed by atoms with Crippen molar-refractivity contribution in [2.45, 2.75) is 19.5 Å². The first-order chi connectivity index (χ1) is 15.3. The average Bonchev–Trinajstić information content (AvgIpc) is 3.01. The van der Waals surface area contributed by atoms with Gasteiger partial charge in [0.05, 0.1) is 24.1 Å². The van der Waals surface area contributed by atoms with Crippen LogP contribution in [0.15, 0.2) is 72.8 Å². The Labute approximate surface area is 192 Å². The number of fused-ring (bicyclic) bond motifs is 1. The minimum Gasteiger partial charge on any atom is -0.406 e. The average molecular weight is 476 g/mol. The summed E-state index contributed by atoms with van der Waals surface area (Å²) in [6, 6.07) is 22.0. The molecule has 3 aromatic carbocycles. The molecule has 0 aliphatic rings. The van der Waals surface area contributed by atoms with E-state index in [-0.39, 0.29) is 5.75 Å². The number of hydrogen-bond acceptors (Lipinski definition) is 4. The van der Waals surface area contributed by atoms with Gasteiger partial charge in [0.25, 0.3) is 0 Å². The standard InChI is InChI=1S/C23H20F3N3OS2/c1-32-27-18-10-6-16(7-11-18)14-28-20-4-2-3-5-21(20)29(22(28)31)15-17-8-12-19(13-9-17)30-23(24,25)26/h2-13,27H,14-15H2,1H3. The molecule has 9 heteroatoms. The van der Waals surface area contributed by atoms with Crippen LogP contribution in [0.2, 0.25) is 0 Å². The van der Waals surface area contributed by atoms with E-state index >= 15 is 0 Å². The van der Waals surface area contributed by atoms with Crippen molar-refractivity contribution in [2.24, 2.45) is 0 Å². The van der Waals surface area contributed by atoms with E-state index in [2.05, 4.69) is 26.2 Å². The quantitative estimate of drug-likeness (QED) is 0.234. The highest BCUT2D eigenvalue weighted by atomic mass is 32.2. The third kappa shape index (κ3) is 5.11. The summed E-state index contributed by atoms with van der Waals surface area (Å²) < 4.78 is 49.1. The van der Waals surface area contributed by atoms with Crippen LogP contribution >= 0.6 is 24.2 Å². The van der Waals surface area contributed by atoms with Gasteiger partial charge >= 0.3 is 6.36 Å². The Morgan fingerprint density at radius 3 is 1.81 bits per heavy atom. The maximum absolute atomic E-state index is 12.4. The molecule has 0 saturated heterocycles. The molecule has 1 aromatic heterocycles. The minimum absolute atomic E-state index is 0.244. The van der Waals surface area contributed by atoms with Gasteiger partial charge in [-0.3, -0.25) is 0 Å². The van der Waals surface area contributed by atoms with Crippen LogP contribution < -0.4 is 9.46 Å². The van der Waals surface area contributed by atoms with Crippen molar-refractivity contribution in [1.29, 1.82) is 0 Å². The van der Waals surface area contributed by atoms with Crippen LogP contribution in [-0.2, 0) is 13.1 Å². The first-order valence-corrected chi connectivity index (χ1v) is 11.4. The van der Waals surface area contributed by atoms with Crippen molar-refractivity contribution >= 4 is 40.9 Å². The fraction of sp³-hybridized carbons (Fsp3) is 0.174. The maximum atomic E-state index is 12.4. The lowest BCUT2D eigenvalue weighted by Crippen LogP contribution is -2.17. The Bertz CT molecular complexity index is 1260. The van der Waals surface area contributed by atoms with Gasteiger partial charge in [-0.15, -0.1) is 13.2 Å². The summed E-state index contributed by atoms with van der Waals surface area (Å²) in [6.45, 7) is 1.06. The first-order valence-electron chi connectivity index (χ1n) is 9.75. The second-order valence-electron chi connectivity index (χ2n) is 7.14. The molecule has 1 N–H and O–H groups in total. The number of imidazole rings is 1. The number of rotatable bonds is 7. The zero-order chi connectivity index (χ0) is 22.7. The molecule has 0 amide bonds. The molecule has 0 aliphatic carbocycles. The number of nitrogens with zero attached hydrogens (tertiary/aromatic N) is 2. The number of anilines is 1. The number of alkyl halides is 3. The molecule has 4 aromatic rings. The fourth-order valence-electron chi connectivity index (χ4n) is 3.54. The molecule has 4 rings (SSSR count). The van der Waals surface area contributed by atoms with Gasteiger partial charge in [0.15, 0.2) is 4.77 Å². The highest BCUT2D eigenvalue weighted by Crippen LogP contribution is 2.25. The molecule has 0 atom stereocenters. The lowest BCUT2D eigenvalue weighted by molar-refractivity contribution is -0.274. The summed E-state index contributed by atoms with van der Waals surface area (Å²) in [7, 11) is 0. The van der Waals surface area contributed by atoms with Gasteiger partial charge in [0, 0.05) is 11.9 Å². The van der Waals surface area contributed by atoms with E-state index in [9.17, 15) is 13.2 Å². The van der Waals surface area contributed by atoms with Crippen molar-refractivity contribution in [1.82, 2.24) is 9.13 Å². The van der Waals surface area contributed by atoms with Crippen molar-refractivity contribution in [3.05, 3.63) is 88.7 Å². The van der Waals surface area contributed by atoms with Gasteiger partial charge < -0.3 is 18.6 Å². The minimum atomic E-state index is -4.71. The van der Waals surface area contributed by atoms with Crippen LogP contribution in [0.25, 0.3) is 11.0 Å². The van der Waals surface area contributed by atoms with E-state index in [0.717, 1.165) is 27.8 Å². The van der Waals surface area contributed by atoms with Gasteiger partial charge in [-0.2, -0.15) is 0 Å². The maximum Gasteiger partial charge on any atom is 0.573 e. The molecule has 1 heterocycles. The van der Waals surface area contributed by atoms with Gasteiger partial charge in [0.2, 0.25) is 0 Å². The Morgan fingerprint density at radius 2 is 1.34 bits per heavy atom. The third-order valence-electron chi connectivity index (χ3n) is 4.94. The molecular weight excluding hydrogens is 455 g/mol. The molecule has 0 spiro atoms. The molecule has 32 heavy (non-hydrogen) atoms. The first kappa shape index (κ1) is 22.3. The van der Waals surface area contributed by atoms with E-state index in [1.807, 2.05) is 47.2 Å². The van der Waals surface area contributed by atoms with Gasteiger partial charge in [-0.1, -0.05) is 48.3 Å². The zero-order valence-electron chi connectivity index (χ0n) is 17.1. The molecule has 166 valence electrons. The Kier molecular flexibility index (Phi) is 6.48. The summed E-state index contributed by atoms with van der Waals surface area (Å²) in [6.07, 6.45) is -2.74. The summed E-state index contributed by atoms with van der Waals surface area (Å²) in [5, 5.41) is 0. The molecule has 0 bridgehead atoms. The fourth-order valence-corrected chi connectivity index (χ4v) is 4.23. The summed E-state index contributed by atoms with van der Waals surface area (Å²) in [5.41, 5.74) is 4.94. The normalized spacial score (nSPS) is 11.6. The van der Waals surface area contributed by atoms with Crippen LogP contribution in [0.3, 0.4) is 0 Å². The van der Waals surface area contributed by atoms with Crippen LogP contribution in [-0.4, -0.2) is 21.8 Å². The molecule has 0 unspecified atom stereocenters. The summed E-state index contributed by atoms with van der Waals surface area (Å²) >= 11 is 7.33. The monoisotopic (exact) mass is 475 g/mol. The number of hydrogen-bond donors (Lipinski definition) is 1. The molecule has 0 aliphatic heterocycles. The van der Waals surface area contributed by atoms with Gasteiger partial charge in [0.1, 0.15) is 5.75 Å². The Balaban J connectivity index is 1.63. The molecule has 0 saturated carbocycles. The predicted octanol–water partition coefficient (Wildman–Crippen LogP) is 6.86. The third-order valence-corrected chi connectivity index (χ3v) is 5.82. The highest BCUT2D eigenvalue weighted by molar-refractivity contribution is 7.99. The topological polar surface area (TPSA) is 31.1 Å². The van der Waals surface area contributed by atoms with E-state index in [0.29, 0.717) is 17.9 Å². The zero-order valence-corrected chi connectivity index (χ0v) is 18.7. The Morgan fingerprint density at radius 1 is 0.844 bits per heavy atom. The van der Waals surface area contributed by atoms with Crippen molar-refractivity contribution < 1.29 is 17.9 Å².